The molecule has 0 bridgehead atoms. The van der Waals surface area contributed by atoms with E-state index in [1.54, 1.807) is 11.0 Å². The van der Waals surface area contributed by atoms with Crippen LogP contribution in [0.3, 0.4) is 0 Å². The Morgan fingerprint density at radius 1 is 1.25 bits per heavy atom. The Morgan fingerprint density at radius 2 is 2.00 bits per heavy atom. The number of hydrogen-bond acceptors (Lipinski definition) is 5. The van der Waals surface area contributed by atoms with Gasteiger partial charge in [0.15, 0.2) is 5.96 Å². The standard InChI is InChI=1S/C18H32N8O.HI/c1-3-19-18(21-13-16-22-14-23-24(16)2)20-7-8-25-9-11-26(12-10-25)17(27)15-5-4-6-15;/h14-15H,3-13H2,1-2H3,(H2,19,20,21);1H. The van der Waals surface area contributed by atoms with E-state index in [0.29, 0.717) is 18.4 Å². The molecule has 0 unspecified atom stereocenters. The maximum Gasteiger partial charge on any atom is 0.225 e. The first-order chi connectivity index (χ1) is 13.2. The number of aliphatic imine (C=N–C) groups is 1. The average molecular weight is 504 g/mol. The number of guanidine groups is 1. The Kier molecular flexibility index (Phi) is 9.42. The van der Waals surface area contributed by atoms with E-state index < -0.39 is 0 Å². The molecule has 0 atom stereocenters. The molecular weight excluding hydrogens is 471 g/mol. The van der Waals surface area contributed by atoms with Gasteiger partial charge in [-0.3, -0.25) is 14.4 Å². The van der Waals surface area contributed by atoms with Crippen LogP contribution in [0.1, 0.15) is 32.0 Å². The highest BCUT2D eigenvalue weighted by atomic mass is 127. The highest BCUT2D eigenvalue weighted by molar-refractivity contribution is 14.0. The number of carbonyl (C=O) groups excluding carboxylic acids is 1. The fourth-order valence-electron chi connectivity index (χ4n) is 3.39. The molecule has 2 heterocycles. The van der Waals surface area contributed by atoms with Crippen LogP contribution in [-0.4, -0.2) is 82.2 Å². The first kappa shape index (κ1) is 22.9. The number of halogens is 1. The molecule has 10 heteroatoms. The van der Waals surface area contributed by atoms with Crippen LogP contribution in [0.2, 0.25) is 0 Å². The Bertz CT molecular complexity index is 637. The molecule has 2 N–H and O–H groups in total. The number of rotatable bonds is 7. The van der Waals surface area contributed by atoms with Gasteiger partial charge in [0.05, 0.1) is 0 Å². The minimum atomic E-state index is 0. The number of amides is 1. The van der Waals surface area contributed by atoms with Gasteiger partial charge in [-0.1, -0.05) is 6.42 Å². The number of nitrogens with one attached hydrogen (secondary N) is 2. The smallest absolute Gasteiger partial charge is 0.225 e. The number of nitrogens with zero attached hydrogens (tertiary/aromatic N) is 6. The summed E-state index contributed by atoms with van der Waals surface area (Å²) in [6.07, 6.45) is 4.93. The van der Waals surface area contributed by atoms with Gasteiger partial charge >= 0.3 is 0 Å². The number of hydrogen-bond donors (Lipinski definition) is 2. The molecule has 2 aliphatic rings. The van der Waals surface area contributed by atoms with E-state index in [1.807, 2.05) is 7.05 Å². The van der Waals surface area contributed by atoms with Crippen molar-refractivity contribution >= 4 is 35.8 Å². The lowest BCUT2D eigenvalue weighted by atomic mass is 9.84. The van der Waals surface area contributed by atoms with Crippen molar-refractivity contribution in [2.75, 3.05) is 45.8 Å². The van der Waals surface area contributed by atoms with Crippen molar-refractivity contribution in [3.63, 3.8) is 0 Å². The summed E-state index contributed by atoms with van der Waals surface area (Å²) in [5.41, 5.74) is 0. The number of aryl methyl sites for hydroxylation is 1. The third kappa shape index (κ3) is 6.29. The molecule has 0 radical (unpaired) electrons. The minimum Gasteiger partial charge on any atom is -0.357 e. The zero-order valence-corrected chi connectivity index (χ0v) is 19.3. The van der Waals surface area contributed by atoms with Crippen molar-refractivity contribution in [1.29, 1.82) is 0 Å². The Morgan fingerprint density at radius 3 is 2.57 bits per heavy atom. The molecule has 2 fully saturated rings. The van der Waals surface area contributed by atoms with Gasteiger partial charge in [-0.25, -0.2) is 9.98 Å². The van der Waals surface area contributed by atoms with Crippen LogP contribution in [0.15, 0.2) is 11.3 Å². The van der Waals surface area contributed by atoms with Crippen LogP contribution in [0.25, 0.3) is 0 Å². The van der Waals surface area contributed by atoms with Crippen LogP contribution < -0.4 is 10.6 Å². The lowest BCUT2D eigenvalue weighted by molar-refractivity contribution is -0.139. The monoisotopic (exact) mass is 504 g/mol. The predicted molar refractivity (Wildman–Crippen MR) is 120 cm³/mol. The molecular formula is C18H33IN8O. The molecule has 28 heavy (non-hydrogen) atoms. The molecule has 9 nitrogen and oxygen atoms in total. The van der Waals surface area contributed by atoms with Crippen LogP contribution in [-0.2, 0) is 18.4 Å². The van der Waals surface area contributed by atoms with Crippen LogP contribution >= 0.6 is 24.0 Å². The molecule has 1 aliphatic heterocycles. The molecule has 0 spiro atoms. The van der Waals surface area contributed by atoms with E-state index in [2.05, 4.69) is 42.4 Å². The van der Waals surface area contributed by atoms with Crippen LogP contribution in [0.5, 0.6) is 0 Å². The second kappa shape index (κ2) is 11.5. The predicted octanol–water partition coefficient (Wildman–Crippen LogP) is 0.433. The summed E-state index contributed by atoms with van der Waals surface area (Å²) in [6, 6.07) is 0. The Hall–Kier alpha value is -1.43. The van der Waals surface area contributed by atoms with Gasteiger partial charge in [0, 0.05) is 58.8 Å². The normalized spacial score (nSPS) is 18.4. The van der Waals surface area contributed by atoms with Crippen LogP contribution in [0.4, 0.5) is 0 Å². The molecule has 1 aromatic rings. The third-order valence-electron chi connectivity index (χ3n) is 5.39. The van der Waals surface area contributed by atoms with Crippen molar-refractivity contribution in [2.24, 2.45) is 18.0 Å². The van der Waals surface area contributed by atoms with E-state index in [9.17, 15) is 4.79 Å². The maximum absolute atomic E-state index is 12.3. The quantitative estimate of drug-likeness (QED) is 0.318. The minimum absolute atomic E-state index is 0. The van der Waals surface area contributed by atoms with E-state index in [0.717, 1.165) is 70.4 Å². The summed E-state index contributed by atoms with van der Waals surface area (Å²) in [4.78, 5) is 25.5. The van der Waals surface area contributed by atoms with Gasteiger partial charge in [0.2, 0.25) is 5.91 Å². The van der Waals surface area contributed by atoms with E-state index in [4.69, 9.17) is 0 Å². The van der Waals surface area contributed by atoms with Crippen molar-refractivity contribution in [1.82, 2.24) is 35.2 Å². The molecule has 1 amide bonds. The number of aromatic nitrogens is 3. The Labute approximate surface area is 184 Å². The van der Waals surface area contributed by atoms with E-state index in [1.165, 1.54) is 6.42 Å². The Balaban J connectivity index is 0.00000280. The summed E-state index contributed by atoms with van der Waals surface area (Å²) >= 11 is 0. The third-order valence-corrected chi connectivity index (χ3v) is 5.39. The van der Waals surface area contributed by atoms with Crippen LogP contribution in [0, 0.1) is 5.92 Å². The lowest BCUT2D eigenvalue weighted by Gasteiger charge is -2.38. The molecule has 3 rings (SSSR count). The first-order valence-corrected chi connectivity index (χ1v) is 10.0. The second-order valence-corrected chi connectivity index (χ2v) is 7.22. The molecule has 158 valence electrons. The fourth-order valence-corrected chi connectivity index (χ4v) is 3.39. The van der Waals surface area contributed by atoms with Gasteiger partial charge in [0.1, 0.15) is 18.7 Å². The summed E-state index contributed by atoms with van der Waals surface area (Å²) in [5.74, 6) is 2.31. The fraction of sp³-hybridized carbons (Fsp3) is 0.778. The molecule has 1 aliphatic carbocycles. The second-order valence-electron chi connectivity index (χ2n) is 7.22. The molecule has 1 saturated heterocycles. The number of carbonyl (C=O) groups is 1. The number of piperazine rings is 1. The van der Waals surface area contributed by atoms with E-state index >= 15 is 0 Å². The maximum atomic E-state index is 12.3. The van der Waals surface area contributed by atoms with Crippen molar-refractivity contribution in [3.8, 4) is 0 Å². The van der Waals surface area contributed by atoms with Crippen molar-refractivity contribution in [2.45, 2.75) is 32.7 Å². The van der Waals surface area contributed by atoms with Gasteiger partial charge in [-0.15, -0.1) is 24.0 Å². The summed E-state index contributed by atoms with van der Waals surface area (Å²) in [5, 5.41) is 10.7. The molecule has 0 aromatic carbocycles. The van der Waals surface area contributed by atoms with Gasteiger partial charge < -0.3 is 15.5 Å². The highest BCUT2D eigenvalue weighted by Crippen LogP contribution is 2.28. The largest absolute Gasteiger partial charge is 0.357 e. The average Bonchev–Trinajstić information content (AvgIpc) is 3.03. The van der Waals surface area contributed by atoms with Gasteiger partial charge in [-0.05, 0) is 19.8 Å². The van der Waals surface area contributed by atoms with Crippen molar-refractivity contribution < 1.29 is 4.79 Å². The van der Waals surface area contributed by atoms with Gasteiger partial charge in [-0.2, -0.15) is 5.10 Å². The van der Waals surface area contributed by atoms with Crippen molar-refractivity contribution in [3.05, 3.63) is 12.2 Å². The van der Waals surface area contributed by atoms with E-state index in [-0.39, 0.29) is 24.0 Å². The summed E-state index contributed by atoms with van der Waals surface area (Å²) < 4.78 is 1.73. The van der Waals surface area contributed by atoms with Gasteiger partial charge in [0.25, 0.3) is 0 Å². The summed E-state index contributed by atoms with van der Waals surface area (Å²) in [6.45, 7) is 8.74. The highest BCUT2D eigenvalue weighted by Gasteiger charge is 2.30. The zero-order chi connectivity index (χ0) is 19.1. The SMILES string of the molecule is CCNC(=NCc1ncnn1C)NCCN1CCN(C(=O)C2CCC2)CC1.I. The zero-order valence-electron chi connectivity index (χ0n) is 16.9. The topological polar surface area (TPSA) is 90.7 Å². The molecule has 1 aromatic heterocycles. The lowest BCUT2D eigenvalue weighted by Crippen LogP contribution is -2.52. The first-order valence-electron chi connectivity index (χ1n) is 10.0. The molecule has 1 saturated carbocycles. The summed E-state index contributed by atoms with van der Waals surface area (Å²) in [7, 11) is 1.87.